The summed E-state index contributed by atoms with van der Waals surface area (Å²) in [4.78, 5) is 47.4. The number of ether oxygens (including phenoxy) is 1. The summed E-state index contributed by atoms with van der Waals surface area (Å²) in [6.45, 7) is 1.92. The highest BCUT2D eigenvalue weighted by atomic mass is 35.5. The molecule has 1 saturated heterocycles. The molecule has 0 spiro atoms. The van der Waals surface area contributed by atoms with E-state index in [-0.39, 0.29) is 12.5 Å². The smallest absolute Gasteiger partial charge is 0.262 e. The fraction of sp³-hybridized carbons (Fsp3) is 0.273. The van der Waals surface area contributed by atoms with E-state index in [9.17, 15) is 14.4 Å². The summed E-state index contributed by atoms with van der Waals surface area (Å²) in [5, 5.41) is 1.36. The van der Waals surface area contributed by atoms with Gasteiger partial charge in [0, 0.05) is 26.2 Å². The van der Waals surface area contributed by atoms with Gasteiger partial charge in [0.05, 0.1) is 28.0 Å². The number of benzene rings is 2. The van der Waals surface area contributed by atoms with Crippen molar-refractivity contribution in [3.05, 3.63) is 52.5 Å². The third kappa shape index (κ3) is 3.37. The minimum absolute atomic E-state index is 0.239. The highest BCUT2D eigenvalue weighted by molar-refractivity contribution is 7.22. The predicted molar refractivity (Wildman–Crippen MR) is 122 cm³/mol. The summed E-state index contributed by atoms with van der Waals surface area (Å²) < 4.78 is 6.37. The lowest BCUT2D eigenvalue weighted by Crippen LogP contribution is -2.51. The van der Waals surface area contributed by atoms with Crippen LogP contribution in [0.3, 0.4) is 0 Å². The Labute approximate surface area is 192 Å². The Bertz CT molecular complexity index is 1220. The van der Waals surface area contributed by atoms with Gasteiger partial charge in [-0.05, 0) is 24.3 Å². The quantitative estimate of drug-likeness (QED) is 0.545. The van der Waals surface area contributed by atoms with Gasteiger partial charge in [0.25, 0.3) is 11.8 Å². The summed E-state index contributed by atoms with van der Waals surface area (Å²) in [5.41, 5.74) is 1.42. The lowest BCUT2D eigenvalue weighted by Gasteiger charge is -2.35. The Kier molecular flexibility index (Phi) is 5.22. The van der Waals surface area contributed by atoms with Crippen LogP contribution in [0.25, 0.3) is 10.2 Å². The number of hydrogen-bond acceptors (Lipinski definition) is 7. The largest absolute Gasteiger partial charge is 0.493 e. The molecular formula is C22H19ClN4O4S. The third-order valence-electron chi connectivity index (χ3n) is 5.73. The SMILES string of the molecule is COc1c(Cl)ccc2sc(N3CCN(C(=O)CN4C(=O)c5ccccc5C4=O)CC3)nc12. The van der Waals surface area contributed by atoms with Gasteiger partial charge in [-0.1, -0.05) is 35.1 Å². The van der Waals surface area contributed by atoms with E-state index in [1.807, 2.05) is 6.07 Å². The Hall–Kier alpha value is -3.17. The number of imide groups is 1. The van der Waals surface area contributed by atoms with Crippen molar-refractivity contribution in [3.63, 3.8) is 0 Å². The molecule has 0 N–H and O–H groups in total. The van der Waals surface area contributed by atoms with Gasteiger partial charge in [-0.15, -0.1) is 0 Å². The van der Waals surface area contributed by atoms with E-state index in [0.717, 1.165) is 20.2 Å². The molecule has 0 atom stereocenters. The van der Waals surface area contributed by atoms with Crippen LogP contribution in [-0.4, -0.2) is 72.3 Å². The molecule has 2 aliphatic heterocycles. The molecule has 3 aromatic rings. The normalized spacial score (nSPS) is 16.1. The standard InChI is InChI=1S/C22H19ClN4O4S/c1-31-19-15(23)6-7-16-18(19)24-22(32-16)26-10-8-25(9-11-26)17(28)12-27-20(29)13-4-2-3-5-14(13)21(27)30/h2-7H,8-12H2,1H3. The van der Waals surface area contributed by atoms with Crippen LogP contribution in [0.15, 0.2) is 36.4 Å². The van der Waals surface area contributed by atoms with Gasteiger partial charge in [0.1, 0.15) is 12.1 Å². The first-order chi connectivity index (χ1) is 15.5. The first-order valence-electron chi connectivity index (χ1n) is 10.1. The van der Waals surface area contributed by atoms with Crippen molar-refractivity contribution in [2.45, 2.75) is 0 Å². The van der Waals surface area contributed by atoms with Crippen LogP contribution < -0.4 is 9.64 Å². The molecule has 0 radical (unpaired) electrons. The summed E-state index contributed by atoms with van der Waals surface area (Å²) in [7, 11) is 1.57. The van der Waals surface area contributed by atoms with E-state index in [0.29, 0.717) is 48.1 Å². The fourth-order valence-electron chi connectivity index (χ4n) is 4.03. The second-order valence-electron chi connectivity index (χ2n) is 7.53. The van der Waals surface area contributed by atoms with E-state index in [1.165, 1.54) is 0 Å². The second kappa shape index (κ2) is 8.07. The van der Waals surface area contributed by atoms with Gasteiger partial charge in [0.15, 0.2) is 10.9 Å². The maximum atomic E-state index is 12.8. The molecule has 2 aromatic carbocycles. The summed E-state index contributed by atoms with van der Waals surface area (Å²) in [6.07, 6.45) is 0. The second-order valence-corrected chi connectivity index (χ2v) is 8.95. The highest BCUT2D eigenvalue weighted by Gasteiger charge is 2.37. The number of anilines is 1. The van der Waals surface area contributed by atoms with Crippen molar-refractivity contribution in [1.82, 2.24) is 14.8 Å². The van der Waals surface area contributed by atoms with Crippen molar-refractivity contribution < 1.29 is 19.1 Å². The van der Waals surface area contributed by atoms with Crippen LogP contribution in [0.4, 0.5) is 5.13 Å². The molecule has 32 heavy (non-hydrogen) atoms. The van der Waals surface area contributed by atoms with E-state index in [1.54, 1.807) is 53.7 Å². The number of carbonyl (C=O) groups excluding carboxylic acids is 3. The fourth-order valence-corrected chi connectivity index (χ4v) is 5.27. The summed E-state index contributed by atoms with van der Waals surface area (Å²) in [6, 6.07) is 10.3. The average Bonchev–Trinajstić information content (AvgIpc) is 3.35. The number of aromatic nitrogens is 1. The number of hydrogen-bond donors (Lipinski definition) is 0. The third-order valence-corrected chi connectivity index (χ3v) is 7.11. The zero-order valence-corrected chi connectivity index (χ0v) is 18.8. The van der Waals surface area contributed by atoms with Gasteiger partial charge in [-0.3, -0.25) is 19.3 Å². The number of halogens is 1. The number of piperazine rings is 1. The lowest BCUT2D eigenvalue weighted by molar-refractivity contribution is -0.131. The summed E-state index contributed by atoms with van der Waals surface area (Å²) in [5.74, 6) is -0.516. The van der Waals surface area contributed by atoms with E-state index in [4.69, 9.17) is 21.3 Å². The Morgan fingerprint density at radius 1 is 1.06 bits per heavy atom. The van der Waals surface area contributed by atoms with Crippen molar-refractivity contribution in [1.29, 1.82) is 0 Å². The first kappa shape index (κ1) is 20.7. The molecule has 8 nitrogen and oxygen atoms in total. The minimum atomic E-state index is -0.417. The van der Waals surface area contributed by atoms with Gasteiger partial charge in [0.2, 0.25) is 5.91 Å². The number of nitrogens with zero attached hydrogens (tertiary/aromatic N) is 4. The van der Waals surface area contributed by atoms with Crippen LogP contribution in [0.1, 0.15) is 20.7 Å². The number of methoxy groups -OCH3 is 1. The zero-order valence-electron chi connectivity index (χ0n) is 17.2. The Morgan fingerprint density at radius 2 is 1.72 bits per heavy atom. The molecule has 164 valence electrons. The van der Waals surface area contributed by atoms with Crippen LogP contribution in [0, 0.1) is 0 Å². The van der Waals surface area contributed by atoms with Crippen LogP contribution in [0.2, 0.25) is 5.02 Å². The van der Waals surface area contributed by atoms with Gasteiger partial charge in [-0.25, -0.2) is 4.98 Å². The summed E-state index contributed by atoms with van der Waals surface area (Å²) >= 11 is 7.75. The van der Waals surface area contributed by atoms with Crippen molar-refractivity contribution in [3.8, 4) is 5.75 Å². The maximum Gasteiger partial charge on any atom is 0.262 e. The Balaban J connectivity index is 1.24. The molecule has 10 heteroatoms. The van der Waals surface area contributed by atoms with Crippen LogP contribution in [0.5, 0.6) is 5.75 Å². The minimum Gasteiger partial charge on any atom is -0.493 e. The van der Waals surface area contributed by atoms with Gasteiger partial charge in [-0.2, -0.15) is 0 Å². The maximum absolute atomic E-state index is 12.8. The monoisotopic (exact) mass is 470 g/mol. The molecule has 0 saturated carbocycles. The zero-order chi connectivity index (χ0) is 22.4. The predicted octanol–water partition coefficient (Wildman–Crippen LogP) is 2.90. The average molecular weight is 471 g/mol. The number of fused-ring (bicyclic) bond motifs is 2. The number of amides is 3. The van der Waals surface area contributed by atoms with Crippen molar-refractivity contribution in [2.24, 2.45) is 0 Å². The van der Waals surface area contributed by atoms with Gasteiger partial charge < -0.3 is 14.5 Å². The molecule has 1 aromatic heterocycles. The molecule has 0 unspecified atom stereocenters. The number of carbonyl (C=O) groups is 3. The molecule has 2 aliphatic rings. The topological polar surface area (TPSA) is 83.0 Å². The molecule has 0 aliphatic carbocycles. The number of rotatable bonds is 4. The van der Waals surface area contributed by atoms with Crippen molar-refractivity contribution in [2.75, 3.05) is 44.7 Å². The molecule has 1 fully saturated rings. The molecule has 3 amide bonds. The van der Waals surface area contributed by atoms with E-state index >= 15 is 0 Å². The molecular weight excluding hydrogens is 452 g/mol. The van der Waals surface area contributed by atoms with Crippen LogP contribution in [-0.2, 0) is 4.79 Å². The Morgan fingerprint density at radius 3 is 2.34 bits per heavy atom. The highest BCUT2D eigenvalue weighted by Crippen LogP contribution is 2.38. The molecule has 0 bridgehead atoms. The molecule has 3 heterocycles. The van der Waals surface area contributed by atoms with Gasteiger partial charge >= 0.3 is 0 Å². The lowest BCUT2D eigenvalue weighted by atomic mass is 10.1. The first-order valence-corrected chi connectivity index (χ1v) is 11.3. The van der Waals surface area contributed by atoms with Crippen LogP contribution >= 0.6 is 22.9 Å². The van der Waals surface area contributed by atoms with E-state index in [2.05, 4.69) is 4.90 Å². The number of thiazole rings is 1. The van der Waals surface area contributed by atoms with Crippen molar-refractivity contribution >= 4 is 56.0 Å². The molecule has 5 rings (SSSR count). The van der Waals surface area contributed by atoms with E-state index < -0.39 is 11.8 Å².